The lowest BCUT2D eigenvalue weighted by molar-refractivity contribution is -0.143. The van der Waals surface area contributed by atoms with Crippen molar-refractivity contribution in [2.75, 3.05) is 53.1 Å². The number of hydrogen-bond donors (Lipinski definition) is 13. The number of aliphatic hydroxyl groups excluding tert-OH is 2. The van der Waals surface area contributed by atoms with Crippen molar-refractivity contribution >= 4 is 72.3 Å². The Bertz CT molecular complexity index is 2550. The van der Waals surface area contributed by atoms with Crippen molar-refractivity contribution in [3.8, 4) is 23.0 Å². The van der Waals surface area contributed by atoms with E-state index >= 15 is 0 Å². The number of ether oxygens (including phenoxy) is 1. The summed E-state index contributed by atoms with van der Waals surface area (Å²) in [4.78, 5) is 28.3. The van der Waals surface area contributed by atoms with Crippen LogP contribution in [-0.4, -0.2) is 151 Å². The molecule has 6 rings (SSSR count). The molecule has 1 fully saturated rings. The number of nitrogens with one attached hydrogen (secondary N) is 2. The second-order valence-electron chi connectivity index (χ2n) is 19.9. The molecule has 4 aromatic carbocycles. The molecule has 3 unspecified atom stereocenters. The highest BCUT2D eigenvalue weighted by atomic mass is 79.9. The molecular weight excluding hydrogens is 1240 g/mol. The number of halogens is 3. The number of likely N-dealkylation sites (N-methyl/N-ethyl adjacent to an activating group) is 1. The number of carbonyl (C=O) groups is 2. The molecular formula is C57H85Br2ClN6O15S. The van der Waals surface area contributed by atoms with Gasteiger partial charge in [0.05, 0.1) is 43.0 Å². The van der Waals surface area contributed by atoms with Crippen LogP contribution < -0.4 is 16.4 Å². The fourth-order valence-electron chi connectivity index (χ4n) is 7.59. The number of phenols is 4. The van der Waals surface area contributed by atoms with Gasteiger partial charge in [-0.05, 0) is 128 Å². The number of nitrogens with zero attached hydrogens (tertiary/aromatic N) is 3. The fourth-order valence-corrected chi connectivity index (χ4v) is 8.91. The van der Waals surface area contributed by atoms with Crippen LogP contribution in [0.4, 0.5) is 5.69 Å². The largest absolute Gasteiger partial charge is 0.508 e. The van der Waals surface area contributed by atoms with E-state index in [0.717, 1.165) is 45.0 Å². The molecule has 0 aliphatic heterocycles. The Kier molecular flexibility index (Phi) is 37.6. The van der Waals surface area contributed by atoms with E-state index < -0.39 is 40.1 Å². The third-order valence-corrected chi connectivity index (χ3v) is 12.9. The molecule has 1 aromatic heterocycles. The Labute approximate surface area is 505 Å². The van der Waals surface area contributed by atoms with E-state index in [4.69, 9.17) is 38.2 Å². The number of aromatic nitrogens is 1. The third kappa shape index (κ3) is 34.4. The van der Waals surface area contributed by atoms with Crippen molar-refractivity contribution in [3.05, 3.63) is 140 Å². The number of rotatable bonds is 20. The van der Waals surface area contributed by atoms with E-state index in [-0.39, 0.29) is 60.3 Å². The van der Waals surface area contributed by atoms with Crippen LogP contribution in [0.15, 0.2) is 112 Å². The smallest absolute Gasteiger partial charge is 0.394 e. The Morgan fingerprint density at radius 2 is 1.17 bits per heavy atom. The van der Waals surface area contributed by atoms with Crippen LogP contribution in [0.25, 0.3) is 0 Å². The van der Waals surface area contributed by atoms with Crippen molar-refractivity contribution in [3.63, 3.8) is 0 Å². The summed E-state index contributed by atoms with van der Waals surface area (Å²) in [6.07, 6.45) is 6.54. The number of pyridine rings is 1. The Hall–Kier alpha value is -5.19. The summed E-state index contributed by atoms with van der Waals surface area (Å²) < 4.78 is 39.8. The second-order valence-corrected chi connectivity index (χ2v) is 22.6. The highest BCUT2D eigenvalue weighted by Crippen LogP contribution is 2.33. The van der Waals surface area contributed by atoms with E-state index in [1.54, 1.807) is 0 Å². The number of nitrogens with two attached hydrogens (primary N) is 1. The summed E-state index contributed by atoms with van der Waals surface area (Å²) >= 11 is 7.04. The summed E-state index contributed by atoms with van der Waals surface area (Å²) in [7, 11) is 1.64. The van der Waals surface area contributed by atoms with Crippen LogP contribution in [0.5, 0.6) is 23.0 Å². The van der Waals surface area contributed by atoms with Crippen molar-refractivity contribution in [1.82, 2.24) is 25.4 Å². The molecule has 0 spiro atoms. The fraction of sp³-hybridized carbons (Fsp3) is 0.456. The molecule has 1 aliphatic carbocycles. The molecule has 0 saturated heterocycles. The molecule has 0 radical (unpaired) electrons. The second kappa shape index (κ2) is 40.1. The minimum absolute atomic E-state index is 0. The topological polar surface area (TPSA) is 349 Å². The van der Waals surface area contributed by atoms with Crippen LogP contribution in [-0.2, 0) is 36.9 Å². The van der Waals surface area contributed by atoms with Gasteiger partial charge in [0.25, 0.3) is 0 Å². The number of aliphatic carboxylic acids is 2. The van der Waals surface area contributed by atoms with Gasteiger partial charge in [-0.3, -0.25) is 28.6 Å². The lowest BCUT2D eigenvalue weighted by atomic mass is 9.91. The molecule has 1 aliphatic rings. The van der Waals surface area contributed by atoms with Gasteiger partial charge in [0, 0.05) is 71.6 Å². The van der Waals surface area contributed by atoms with Gasteiger partial charge in [-0.25, -0.2) is 0 Å². The molecule has 1 heterocycles. The summed E-state index contributed by atoms with van der Waals surface area (Å²) in [5, 5.41) is 78.3. The number of anilines is 1. The van der Waals surface area contributed by atoms with Gasteiger partial charge in [-0.15, -0.1) is 12.4 Å². The monoisotopic (exact) mass is 1320 g/mol. The van der Waals surface area contributed by atoms with E-state index in [1.807, 2.05) is 90.5 Å². The van der Waals surface area contributed by atoms with Gasteiger partial charge in [-0.2, -0.15) is 8.42 Å². The van der Waals surface area contributed by atoms with E-state index in [1.165, 1.54) is 74.1 Å². The van der Waals surface area contributed by atoms with Crippen LogP contribution in [0.3, 0.4) is 0 Å². The summed E-state index contributed by atoms with van der Waals surface area (Å²) in [6.45, 7) is 13.2. The van der Waals surface area contributed by atoms with Gasteiger partial charge in [-0.1, -0.05) is 99.3 Å². The lowest BCUT2D eigenvalue weighted by Gasteiger charge is -2.31. The molecule has 0 bridgehead atoms. The first kappa shape index (κ1) is 76.8. The molecule has 460 valence electrons. The predicted octanol–water partition coefficient (Wildman–Crippen LogP) is 9.44. The van der Waals surface area contributed by atoms with Crippen LogP contribution in [0, 0.1) is 0 Å². The first-order valence-corrected chi connectivity index (χ1v) is 29.0. The third-order valence-electron chi connectivity index (χ3n) is 11.8. The zero-order chi connectivity index (χ0) is 61.5. The number of benzene rings is 4. The quantitative estimate of drug-likeness (QED) is 0.0255. The number of aliphatic hydroxyl groups is 2. The lowest BCUT2D eigenvalue weighted by Crippen LogP contribution is -2.33. The minimum Gasteiger partial charge on any atom is -0.508 e. The van der Waals surface area contributed by atoms with Gasteiger partial charge >= 0.3 is 22.3 Å². The van der Waals surface area contributed by atoms with Crippen molar-refractivity contribution < 1.29 is 72.7 Å². The molecule has 14 N–H and O–H groups in total. The van der Waals surface area contributed by atoms with Crippen molar-refractivity contribution in [2.24, 2.45) is 0 Å². The number of carboxylic acid groups (broad SMARTS) is 2. The highest BCUT2D eigenvalue weighted by molar-refractivity contribution is 9.11. The van der Waals surface area contributed by atoms with Gasteiger partial charge in [0.1, 0.15) is 28.6 Å². The number of phenolic OH excluding ortho intramolecular Hbond substituents is 4. The number of nitrogen functional groups attached to an aromatic ring is 1. The highest BCUT2D eigenvalue weighted by Gasteiger charge is 2.31. The first-order chi connectivity index (χ1) is 37.8. The number of aromatic hydroxyl groups is 4. The normalized spacial score (nSPS) is 13.6. The summed E-state index contributed by atoms with van der Waals surface area (Å²) in [5.74, 6) is -2.34. The van der Waals surface area contributed by atoms with E-state index in [2.05, 4.69) is 89.4 Å². The van der Waals surface area contributed by atoms with Crippen LogP contribution in [0.1, 0.15) is 120 Å². The van der Waals surface area contributed by atoms with Crippen molar-refractivity contribution in [2.45, 2.75) is 122 Å². The maximum atomic E-state index is 9.73. The van der Waals surface area contributed by atoms with Gasteiger partial charge in [0.2, 0.25) is 0 Å². The van der Waals surface area contributed by atoms with E-state index in [9.17, 15) is 40.2 Å². The molecule has 0 amide bonds. The molecule has 25 heteroatoms. The summed E-state index contributed by atoms with van der Waals surface area (Å²) in [5.41, 5.74) is 10.7. The van der Waals surface area contributed by atoms with Gasteiger partial charge in [0.15, 0.2) is 0 Å². The van der Waals surface area contributed by atoms with Crippen LogP contribution >= 0.6 is 44.3 Å². The number of carboxylic acids is 2. The molecule has 1 saturated carbocycles. The first-order valence-electron chi connectivity index (χ1n) is 26.0. The maximum Gasteiger partial charge on any atom is 0.394 e. The molecule has 5 aromatic rings. The zero-order valence-electron chi connectivity index (χ0n) is 47.7. The minimum atomic E-state index is -4.67. The Balaban J connectivity index is 0.000000996. The molecule has 3 atom stereocenters. The Morgan fingerprint density at radius 3 is 1.56 bits per heavy atom. The Morgan fingerprint density at radius 1 is 0.732 bits per heavy atom. The standard InChI is InChI=1S/C17H22N2O.C14H20Br2N2.2C11H17NO3.C4H6O4.ClH.H2O4S/c1-17(20-14-13-19(2)3,15-9-5-4-6-10-15)16-11-7-8-12-18-16;1-18(12-5-3-2-4-6-12)9-10-7-11(15)8-13(16)14(10)17;2*1-7(2)12-6-11(15)8-3-9(13)5-10(14)4-8;5-3(6)1-2-4(7)8;;1-5(2,3)4/h4-12H,13-14H2,1-3H3;7-8,12H,2-6,9,17H2,1H3;2*3-5,7,11-15H,6H2,1-2H3;1-2H2,(H,5,6)(H,7,8);1H;(H2,1,2,3,4). The predicted molar refractivity (Wildman–Crippen MR) is 328 cm³/mol. The SMILES string of the molecule is CC(C)NCC(O)c1cc(O)cc(O)c1.CC(C)NCC(O)c1cc(O)cc(O)c1.CN(C)CCOC(C)(c1ccccc1)c1ccccn1.CN(Cc1cc(Br)cc(Br)c1N)C1CCCCC1.Cl.O=C(O)CCC(=O)O.O=S(=O)(O)O. The molecule has 82 heavy (non-hydrogen) atoms. The van der Waals surface area contributed by atoms with Crippen molar-refractivity contribution in [1.29, 1.82) is 0 Å². The van der Waals surface area contributed by atoms with E-state index in [0.29, 0.717) is 30.8 Å². The molecule has 21 nitrogen and oxygen atoms in total. The van der Waals surface area contributed by atoms with Crippen LogP contribution in [0.2, 0.25) is 0 Å². The average molecular weight is 1320 g/mol. The average Bonchev–Trinajstić information content (AvgIpc) is 3.42. The summed E-state index contributed by atoms with van der Waals surface area (Å²) in [6, 6.07) is 29.8. The maximum absolute atomic E-state index is 9.73. The number of hydrogen-bond acceptors (Lipinski definition) is 17. The zero-order valence-corrected chi connectivity index (χ0v) is 52.5. The van der Waals surface area contributed by atoms with Gasteiger partial charge < -0.3 is 66.9 Å².